The van der Waals surface area contributed by atoms with E-state index in [2.05, 4.69) is 193 Å². The standard InChI is InChI=1S/C53H47BN2O2Si/c1-30-28-41-45-42(29-30)56(40-25-13-19-34-32-17-11-21-36(53(5,6)7)49(32)58-51(34)40)38-23-15-27-44-47(38)54(45)46-37(22-14-26-43(46)59(44,8)9)55(41)39-24-12-18-33-31-16-10-20-35(52(2,3)4)48(31)57-50(33)39/h10-29H,1-9H3. The highest BCUT2D eigenvalue weighted by molar-refractivity contribution is 7.16. The quantitative estimate of drug-likeness (QED) is 0.164. The predicted molar refractivity (Wildman–Crippen MR) is 254 cm³/mol. The Labute approximate surface area is 347 Å². The highest BCUT2D eigenvalue weighted by Gasteiger charge is 2.52. The van der Waals surface area contributed by atoms with Crippen molar-refractivity contribution in [2.24, 2.45) is 0 Å². The minimum Gasteiger partial charge on any atom is -0.454 e. The average Bonchev–Trinajstić information content (AvgIpc) is 3.78. The van der Waals surface area contributed by atoms with E-state index >= 15 is 0 Å². The molecule has 3 aliphatic heterocycles. The normalized spacial score (nSPS) is 15.2. The van der Waals surface area contributed by atoms with E-state index < -0.39 is 8.07 Å². The molecule has 288 valence electrons. The Bertz CT molecular complexity index is 3110. The Morgan fingerprint density at radius 2 is 0.814 bits per heavy atom. The van der Waals surface area contributed by atoms with E-state index in [0.29, 0.717) is 0 Å². The van der Waals surface area contributed by atoms with Gasteiger partial charge in [-0.15, -0.1) is 0 Å². The third-order valence-electron chi connectivity index (χ3n) is 13.7. The lowest BCUT2D eigenvalue weighted by molar-refractivity contribution is 0.572. The largest absolute Gasteiger partial charge is 0.454 e. The van der Waals surface area contributed by atoms with Crippen LogP contribution in [-0.4, -0.2) is 14.8 Å². The summed E-state index contributed by atoms with van der Waals surface area (Å²) in [6.07, 6.45) is 0. The van der Waals surface area contributed by atoms with Crippen molar-refractivity contribution in [2.75, 3.05) is 9.80 Å². The van der Waals surface area contributed by atoms with E-state index in [1.54, 1.807) is 0 Å². The van der Waals surface area contributed by atoms with E-state index in [9.17, 15) is 0 Å². The molecule has 0 N–H and O–H groups in total. The van der Waals surface area contributed by atoms with Gasteiger partial charge >= 0.3 is 0 Å². The molecule has 7 aromatic carbocycles. The molecular weight excluding hydrogens is 735 g/mol. The van der Waals surface area contributed by atoms with E-state index in [0.717, 1.165) is 55.3 Å². The number of rotatable bonds is 2. The van der Waals surface area contributed by atoms with Crippen LogP contribution in [0.15, 0.2) is 130 Å². The summed E-state index contributed by atoms with van der Waals surface area (Å²) in [4.78, 5) is 5.09. The SMILES string of the molecule is Cc1cc2c3c(c1)N(c1cccc4c1oc1c(C(C)(C)C)cccc14)c1cccc4c1B3c1c(cccc1[Si]4(C)C)N2c1cccc2c1oc1c(C(C)(C)C)cccc12. The van der Waals surface area contributed by atoms with Crippen LogP contribution in [-0.2, 0) is 10.8 Å². The molecule has 4 nitrogen and oxygen atoms in total. The Morgan fingerprint density at radius 1 is 0.441 bits per heavy atom. The highest BCUT2D eigenvalue weighted by atomic mass is 28.3. The molecule has 0 unspecified atom stereocenters. The predicted octanol–water partition coefficient (Wildman–Crippen LogP) is 11.6. The molecule has 2 aromatic heterocycles. The molecule has 0 atom stereocenters. The van der Waals surface area contributed by atoms with Gasteiger partial charge in [-0.1, -0.05) is 150 Å². The first kappa shape index (κ1) is 35.0. The lowest BCUT2D eigenvalue weighted by atomic mass is 9.33. The smallest absolute Gasteiger partial charge is 0.251 e. The summed E-state index contributed by atoms with van der Waals surface area (Å²) in [5.41, 5.74) is 18.6. The monoisotopic (exact) mass is 782 g/mol. The van der Waals surface area contributed by atoms with Crippen LogP contribution in [0.25, 0.3) is 43.9 Å². The van der Waals surface area contributed by atoms with Crippen LogP contribution in [0.2, 0.25) is 13.1 Å². The number of anilines is 6. The maximum absolute atomic E-state index is 7.14. The number of furan rings is 2. The van der Waals surface area contributed by atoms with Gasteiger partial charge in [-0.2, -0.15) is 0 Å². The minimum atomic E-state index is -2.20. The molecule has 0 radical (unpaired) electrons. The number of nitrogens with zero attached hydrogens (tertiary/aromatic N) is 2. The van der Waals surface area contributed by atoms with Gasteiger partial charge in [-0.25, -0.2) is 0 Å². The first-order valence-electron chi connectivity index (χ1n) is 21.1. The van der Waals surface area contributed by atoms with Gasteiger partial charge in [0.2, 0.25) is 0 Å². The number of para-hydroxylation sites is 4. The lowest BCUT2D eigenvalue weighted by Gasteiger charge is -2.49. The summed E-state index contributed by atoms with van der Waals surface area (Å²) >= 11 is 0. The molecule has 9 aromatic rings. The molecule has 3 aliphatic rings. The van der Waals surface area contributed by atoms with Gasteiger partial charge in [0.05, 0.1) is 11.4 Å². The van der Waals surface area contributed by atoms with E-state index in [-0.39, 0.29) is 17.5 Å². The van der Waals surface area contributed by atoms with Gasteiger partial charge in [0, 0.05) is 55.4 Å². The topological polar surface area (TPSA) is 32.8 Å². The summed E-state index contributed by atoms with van der Waals surface area (Å²) in [5.74, 6) is 0. The van der Waals surface area contributed by atoms with Crippen molar-refractivity contribution >= 4 is 120 Å². The average molecular weight is 783 g/mol. The lowest BCUT2D eigenvalue weighted by Crippen LogP contribution is -2.79. The molecule has 0 spiro atoms. The Morgan fingerprint density at radius 3 is 1.24 bits per heavy atom. The van der Waals surface area contributed by atoms with Crippen molar-refractivity contribution in [3.63, 3.8) is 0 Å². The molecule has 5 heterocycles. The number of aryl methyl sites for hydroxylation is 1. The first-order valence-corrected chi connectivity index (χ1v) is 24.1. The van der Waals surface area contributed by atoms with Crippen LogP contribution in [0.5, 0.6) is 0 Å². The Balaban J connectivity index is 1.20. The van der Waals surface area contributed by atoms with E-state index in [1.165, 1.54) is 66.2 Å². The van der Waals surface area contributed by atoms with Gasteiger partial charge in [-0.3, -0.25) is 0 Å². The third-order valence-corrected chi connectivity index (χ3v) is 17.3. The second-order valence-corrected chi connectivity index (χ2v) is 24.1. The number of hydrogen-bond donors (Lipinski definition) is 0. The fourth-order valence-corrected chi connectivity index (χ4v) is 14.3. The number of hydrogen-bond acceptors (Lipinski definition) is 4. The second kappa shape index (κ2) is 11.4. The van der Waals surface area contributed by atoms with Crippen molar-refractivity contribution in [2.45, 2.75) is 72.4 Å². The van der Waals surface area contributed by atoms with Gasteiger partial charge in [0.25, 0.3) is 6.71 Å². The van der Waals surface area contributed by atoms with Crippen molar-refractivity contribution in [1.29, 1.82) is 0 Å². The van der Waals surface area contributed by atoms with Crippen LogP contribution in [0.1, 0.15) is 58.2 Å². The van der Waals surface area contributed by atoms with Crippen LogP contribution in [0, 0.1) is 6.92 Å². The molecule has 0 amide bonds. The molecule has 59 heavy (non-hydrogen) atoms. The van der Waals surface area contributed by atoms with Crippen molar-refractivity contribution in [1.82, 2.24) is 0 Å². The zero-order valence-electron chi connectivity index (χ0n) is 35.3. The van der Waals surface area contributed by atoms with Crippen molar-refractivity contribution in [3.05, 3.63) is 138 Å². The number of fused-ring (bicyclic) bond motifs is 6. The van der Waals surface area contributed by atoms with Gasteiger partial charge < -0.3 is 18.6 Å². The maximum atomic E-state index is 7.14. The van der Waals surface area contributed by atoms with E-state index in [4.69, 9.17) is 8.83 Å². The summed E-state index contributed by atoms with van der Waals surface area (Å²) in [5, 5.41) is 7.65. The highest BCUT2D eigenvalue weighted by Crippen LogP contribution is 2.50. The molecule has 0 aliphatic carbocycles. The first-order chi connectivity index (χ1) is 28.2. The zero-order chi connectivity index (χ0) is 40.5. The van der Waals surface area contributed by atoms with Crippen molar-refractivity contribution < 1.29 is 8.83 Å². The summed E-state index contributed by atoms with van der Waals surface area (Å²) in [7, 11) is -2.20. The minimum absolute atomic E-state index is 0.0677. The molecule has 12 rings (SSSR count). The fourth-order valence-electron chi connectivity index (χ4n) is 11.1. The van der Waals surface area contributed by atoms with Crippen LogP contribution >= 0.6 is 0 Å². The Kier molecular flexibility index (Phi) is 6.76. The van der Waals surface area contributed by atoms with Crippen LogP contribution < -0.4 is 36.6 Å². The van der Waals surface area contributed by atoms with Crippen LogP contribution in [0.3, 0.4) is 0 Å². The van der Waals surface area contributed by atoms with Crippen molar-refractivity contribution in [3.8, 4) is 0 Å². The summed E-state index contributed by atoms with van der Waals surface area (Å²) < 4.78 is 14.3. The molecule has 6 heteroatoms. The maximum Gasteiger partial charge on any atom is 0.251 e. The van der Waals surface area contributed by atoms with Crippen LogP contribution in [0.4, 0.5) is 34.1 Å². The zero-order valence-corrected chi connectivity index (χ0v) is 36.3. The van der Waals surface area contributed by atoms with E-state index in [1.807, 2.05) is 0 Å². The van der Waals surface area contributed by atoms with Gasteiger partial charge in [0.15, 0.2) is 11.2 Å². The fraction of sp³-hybridized carbons (Fsp3) is 0.208. The summed E-state index contributed by atoms with van der Waals surface area (Å²) in [6.45, 7) is 21.1. The number of benzene rings is 7. The molecule has 0 saturated heterocycles. The molecule has 0 fully saturated rings. The molecule has 0 bridgehead atoms. The Hall–Kier alpha value is -5.98. The second-order valence-electron chi connectivity index (χ2n) is 19.8. The third kappa shape index (κ3) is 4.50. The van der Waals surface area contributed by atoms with Gasteiger partial charge in [-0.05, 0) is 76.1 Å². The molecular formula is C53H47BN2O2Si. The summed E-state index contributed by atoms with van der Waals surface area (Å²) in [6, 6.07) is 45.7. The van der Waals surface area contributed by atoms with Gasteiger partial charge in [0.1, 0.15) is 19.2 Å². The molecule has 0 saturated carbocycles.